The summed E-state index contributed by atoms with van der Waals surface area (Å²) in [6.07, 6.45) is 30.7. The van der Waals surface area contributed by atoms with Crippen LogP contribution in [0.25, 0.3) is 0 Å². The Morgan fingerprint density at radius 1 is 0.429 bits per heavy atom. The molecule has 104 valence electrons. The van der Waals surface area contributed by atoms with Gasteiger partial charge in [-0.1, -0.05) is 72.9 Å². The minimum atomic E-state index is 0. The summed E-state index contributed by atoms with van der Waals surface area (Å²) in [5.74, 6) is 0. The molecule has 0 N–H and O–H groups in total. The zero-order valence-electron chi connectivity index (χ0n) is 11.8. The predicted octanol–water partition coefficient (Wildman–Crippen LogP) is 4.60. The molecule has 0 aromatic rings. The average molecular weight is 302 g/mol. The van der Waals surface area contributed by atoms with Crippen LogP contribution in [0.5, 0.6) is 0 Å². The summed E-state index contributed by atoms with van der Waals surface area (Å²) in [5.41, 5.74) is 5.96. The fourth-order valence-electron chi connectivity index (χ4n) is 2.74. The minimum absolute atomic E-state index is 0. The van der Waals surface area contributed by atoms with Crippen molar-refractivity contribution in [1.29, 1.82) is 0 Å². The van der Waals surface area contributed by atoms with E-state index in [1.54, 1.807) is 0 Å². The van der Waals surface area contributed by atoms with Crippen LogP contribution < -0.4 is 0 Å². The van der Waals surface area contributed by atoms with Crippen LogP contribution in [-0.4, -0.2) is 37.7 Å². The Bertz CT molecular complexity index is 504. The maximum atomic E-state index is 2.21. The third kappa shape index (κ3) is 4.57. The Labute approximate surface area is 157 Å². The molecule has 0 aromatic carbocycles. The van der Waals surface area contributed by atoms with E-state index in [4.69, 9.17) is 0 Å². The van der Waals surface area contributed by atoms with E-state index in [9.17, 15) is 0 Å². The summed E-state index contributed by atoms with van der Waals surface area (Å²) >= 11 is 0. The van der Waals surface area contributed by atoms with Gasteiger partial charge in [-0.2, -0.15) is 0 Å². The molecule has 4 rings (SSSR count). The van der Waals surface area contributed by atoms with E-state index in [-0.39, 0.29) is 37.7 Å². The van der Waals surface area contributed by atoms with Crippen molar-refractivity contribution in [1.82, 2.24) is 0 Å². The van der Waals surface area contributed by atoms with Gasteiger partial charge in [0.05, 0.1) is 0 Å². The molecule has 0 fully saturated rings. The van der Waals surface area contributed by atoms with Crippen molar-refractivity contribution in [2.24, 2.45) is 0 Å². The molecular formula is C20H22Ca. The molecule has 0 aliphatic heterocycles. The zero-order chi connectivity index (χ0) is 13.6. The third-order valence-corrected chi connectivity index (χ3v) is 3.91. The molecule has 0 saturated heterocycles. The molecule has 0 aromatic heterocycles. The number of hydrogen-bond acceptors (Lipinski definition) is 0. The summed E-state index contributed by atoms with van der Waals surface area (Å²) in [6, 6.07) is 0. The van der Waals surface area contributed by atoms with E-state index in [1.807, 2.05) is 0 Å². The second kappa shape index (κ2) is 8.58. The molecule has 4 aliphatic carbocycles. The fourth-order valence-corrected chi connectivity index (χ4v) is 2.74. The monoisotopic (exact) mass is 302 g/mol. The van der Waals surface area contributed by atoms with E-state index in [0.717, 1.165) is 25.7 Å². The molecule has 0 bridgehead atoms. The van der Waals surface area contributed by atoms with Crippen LogP contribution in [0.4, 0.5) is 0 Å². The first kappa shape index (κ1) is 16.5. The topological polar surface area (TPSA) is 0 Å². The van der Waals surface area contributed by atoms with E-state index in [1.165, 1.54) is 22.3 Å². The Morgan fingerprint density at radius 3 is 0.810 bits per heavy atom. The zero-order valence-corrected chi connectivity index (χ0v) is 11.8. The van der Waals surface area contributed by atoms with Crippen LogP contribution >= 0.6 is 0 Å². The Morgan fingerprint density at radius 2 is 0.667 bits per heavy atom. The molecular weight excluding hydrogens is 280 g/mol. The molecule has 0 unspecified atom stereocenters. The molecule has 0 nitrogen and oxygen atoms in total. The van der Waals surface area contributed by atoms with Crippen molar-refractivity contribution >= 4 is 37.7 Å². The van der Waals surface area contributed by atoms with E-state index >= 15 is 0 Å². The van der Waals surface area contributed by atoms with E-state index in [0.29, 0.717) is 0 Å². The molecule has 1 heteroatoms. The Kier molecular flexibility index (Phi) is 6.76. The number of hydrogen-bond donors (Lipinski definition) is 0. The van der Waals surface area contributed by atoms with Gasteiger partial charge in [0, 0.05) is 0 Å². The van der Waals surface area contributed by atoms with Gasteiger partial charge in [-0.15, -0.1) is 0 Å². The number of rotatable bonds is 2. The SMILES string of the molecule is C1=CCC(C2=CC=CC2)=C1.C1=CCC(C2=CC=CC2)=C1.[CaH2]. The molecule has 0 amide bonds. The van der Waals surface area contributed by atoms with Crippen molar-refractivity contribution in [2.45, 2.75) is 25.7 Å². The van der Waals surface area contributed by atoms with Gasteiger partial charge < -0.3 is 0 Å². The second-order valence-corrected chi connectivity index (χ2v) is 5.30. The first-order valence-electron chi connectivity index (χ1n) is 7.37. The van der Waals surface area contributed by atoms with Crippen molar-refractivity contribution in [3.05, 3.63) is 95.2 Å². The summed E-state index contributed by atoms with van der Waals surface area (Å²) in [7, 11) is 0. The predicted molar refractivity (Wildman–Crippen MR) is 95.9 cm³/mol. The third-order valence-electron chi connectivity index (χ3n) is 3.91. The van der Waals surface area contributed by atoms with Gasteiger partial charge in [-0.05, 0) is 48.0 Å². The van der Waals surface area contributed by atoms with E-state index < -0.39 is 0 Å². The second-order valence-electron chi connectivity index (χ2n) is 5.30. The summed E-state index contributed by atoms with van der Waals surface area (Å²) in [6.45, 7) is 0. The molecule has 0 radical (unpaired) electrons. The van der Waals surface area contributed by atoms with Crippen molar-refractivity contribution in [3.8, 4) is 0 Å². The fraction of sp³-hybridized carbons (Fsp3) is 0.200. The number of allylic oxidation sites excluding steroid dienone is 16. The van der Waals surface area contributed by atoms with Crippen molar-refractivity contribution < 1.29 is 0 Å². The van der Waals surface area contributed by atoms with Gasteiger partial charge in [0.1, 0.15) is 0 Å². The van der Waals surface area contributed by atoms with Gasteiger partial charge in [-0.25, -0.2) is 0 Å². The van der Waals surface area contributed by atoms with Crippen LogP contribution in [0, 0.1) is 0 Å². The van der Waals surface area contributed by atoms with E-state index in [2.05, 4.69) is 72.9 Å². The Balaban J connectivity index is 0.000000147. The summed E-state index contributed by atoms with van der Waals surface area (Å²) in [4.78, 5) is 0. The molecule has 4 aliphatic rings. The first-order valence-corrected chi connectivity index (χ1v) is 7.37. The van der Waals surface area contributed by atoms with Crippen molar-refractivity contribution in [2.75, 3.05) is 0 Å². The van der Waals surface area contributed by atoms with Crippen molar-refractivity contribution in [3.63, 3.8) is 0 Å². The first-order chi connectivity index (χ1) is 9.93. The summed E-state index contributed by atoms with van der Waals surface area (Å²) in [5, 5.41) is 0. The average Bonchev–Trinajstić information content (AvgIpc) is 3.29. The van der Waals surface area contributed by atoms with Gasteiger partial charge in [0.2, 0.25) is 0 Å². The quantitative estimate of drug-likeness (QED) is 0.654. The molecule has 0 heterocycles. The van der Waals surface area contributed by atoms with Crippen LogP contribution in [0.2, 0.25) is 0 Å². The maximum absolute atomic E-state index is 2.21. The van der Waals surface area contributed by atoms with Crippen LogP contribution in [0.15, 0.2) is 95.2 Å². The van der Waals surface area contributed by atoms with Crippen LogP contribution in [0.1, 0.15) is 25.7 Å². The van der Waals surface area contributed by atoms with Crippen LogP contribution in [-0.2, 0) is 0 Å². The van der Waals surface area contributed by atoms with Crippen LogP contribution in [0.3, 0.4) is 0 Å². The standard InChI is InChI=1S/2C10H10.Ca.2H/c2*1-2-6-9(5-1)10-7-3-4-8-10;;;/h2*1-5,7H,6,8H2;;;. The molecule has 0 atom stereocenters. The molecule has 21 heavy (non-hydrogen) atoms. The summed E-state index contributed by atoms with van der Waals surface area (Å²) < 4.78 is 0. The molecule has 0 saturated carbocycles. The van der Waals surface area contributed by atoms with Gasteiger partial charge in [0.15, 0.2) is 0 Å². The molecule has 0 spiro atoms. The van der Waals surface area contributed by atoms with Gasteiger partial charge in [0.25, 0.3) is 0 Å². The Hall–Kier alpha value is -0.820. The van der Waals surface area contributed by atoms with Gasteiger partial charge >= 0.3 is 37.7 Å². The van der Waals surface area contributed by atoms with Gasteiger partial charge in [-0.3, -0.25) is 0 Å². The normalized spacial score (nSPS) is 20.6.